The fraction of sp³-hybridized carbons (Fsp3) is 0.588. The number of hydrogen-bond donors (Lipinski definition) is 2. The SMILES string of the molecule is CCN(CC)Cc1ccc(CNC(=O)C(C)(C)CN)cc1.Cl.Cl. The summed E-state index contributed by atoms with van der Waals surface area (Å²) in [7, 11) is 0. The maximum absolute atomic E-state index is 12.0. The van der Waals surface area contributed by atoms with Crippen molar-refractivity contribution in [1.82, 2.24) is 10.2 Å². The highest BCUT2D eigenvalue weighted by atomic mass is 35.5. The number of benzene rings is 1. The molecule has 0 aliphatic heterocycles. The summed E-state index contributed by atoms with van der Waals surface area (Å²) in [5, 5.41) is 2.94. The van der Waals surface area contributed by atoms with Crippen LogP contribution in [0.5, 0.6) is 0 Å². The van der Waals surface area contributed by atoms with Gasteiger partial charge in [0.1, 0.15) is 0 Å². The predicted octanol–water partition coefficient (Wildman–Crippen LogP) is 2.97. The van der Waals surface area contributed by atoms with Crippen LogP contribution in [-0.2, 0) is 17.9 Å². The van der Waals surface area contributed by atoms with Crippen LogP contribution in [0, 0.1) is 5.41 Å². The highest BCUT2D eigenvalue weighted by Gasteiger charge is 2.25. The fourth-order valence-corrected chi connectivity index (χ4v) is 1.98. The number of nitrogens with one attached hydrogen (secondary N) is 1. The maximum Gasteiger partial charge on any atom is 0.227 e. The third kappa shape index (κ3) is 8.02. The molecule has 6 heteroatoms. The monoisotopic (exact) mass is 363 g/mol. The molecule has 0 saturated carbocycles. The zero-order valence-electron chi connectivity index (χ0n) is 14.6. The summed E-state index contributed by atoms with van der Waals surface area (Å²) >= 11 is 0. The van der Waals surface area contributed by atoms with E-state index in [4.69, 9.17) is 5.73 Å². The van der Waals surface area contributed by atoms with Crippen LogP contribution in [0.2, 0.25) is 0 Å². The third-order valence-electron chi connectivity index (χ3n) is 3.90. The van der Waals surface area contributed by atoms with E-state index in [9.17, 15) is 4.79 Å². The van der Waals surface area contributed by atoms with Crippen molar-refractivity contribution < 1.29 is 4.79 Å². The van der Waals surface area contributed by atoms with E-state index < -0.39 is 5.41 Å². The smallest absolute Gasteiger partial charge is 0.227 e. The Morgan fingerprint density at radius 1 is 1.09 bits per heavy atom. The molecule has 134 valence electrons. The lowest BCUT2D eigenvalue weighted by Crippen LogP contribution is -2.41. The van der Waals surface area contributed by atoms with Crippen LogP contribution < -0.4 is 11.1 Å². The molecule has 0 fully saturated rings. The van der Waals surface area contributed by atoms with Gasteiger partial charge < -0.3 is 11.1 Å². The van der Waals surface area contributed by atoms with E-state index in [0.29, 0.717) is 13.1 Å². The molecule has 1 amide bonds. The number of nitrogens with zero attached hydrogens (tertiary/aromatic N) is 1. The quantitative estimate of drug-likeness (QED) is 0.746. The number of carbonyl (C=O) groups excluding carboxylic acids is 1. The largest absolute Gasteiger partial charge is 0.352 e. The highest BCUT2D eigenvalue weighted by molar-refractivity contribution is 5.85. The minimum atomic E-state index is -0.511. The molecule has 3 N–H and O–H groups in total. The van der Waals surface area contributed by atoms with Crippen LogP contribution >= 0.6 is 24.8 Å². The van der Waals surface area contributed by atoms with Gasteiger partial charge in [-0.25, -0.2) is 0 Å². The number of nitrogens with two attached hydrogens (primary N) is 1. The molecule has 1 aromatic carbocycles. The third-order valence-corrected chi connectivity index (χ3v) is 3.90. The molecule has 0 bridgehead atoms. The summed E-state index contributed by atoms with van der Waals surface area (Å²) in [6.07, 6.45) is 0. The normalized spacial score (nSPS) is 10.7. The first-order valence-corrected chi connectivity index (χ1v) is 7.71. The van der Waals surface area contributed by atoms with E-state index >= 15 is 0 Å². The Balaban J connectivity index is 0. The molecule has 0 radical (unpaired) electrons. The second-order valence-electron chi connectivity index (χ2n) is 6.05. The lowest BCUT2D eigenvalue weighted by molar-refractivity contribution is -0.129. The van der Waals surface area contributed by atoms with Crippen molar-refractivity contribution >= 4 is 30.7 Å². The Hall–Kier alpha value is -0.810. The van der Waals surface area contributed by atoms with Crippen LogP contribution in [0.15, 0.2) is 24.3 Å². The zero-order valence-corrected chi connectivity index (χ0v) is 16.2. The van der Waals surface area contributed by atoms with Crippen LogP contribution in [0.3, 0.4) is 0 Å². The van der Waals surface area contributed by atoms with Gasteiger partial charge in [-0.1, -0.05) is 38.1 Å². The molecule has 4 nitrogen and oxygen atoms in total. The Morgan fingerprint density at radius 3 is 2.00 bits per heavy atom. The summed E-state index contributed by atoms with van der Waals surface area (Å²) in [6, 6.07) is 8.42. The molecule has 1 aromatic rings. The topological polar surface area (TPSA) is 58.4 Å². The van der Waals surface area contributed by atoms with Gasteiger partial charge in [-0.15, -0.1) is 24.8 Å². The van der Waals surface area contributed by atoms with Gasteiger partial charge >= 0.3 is 0 Å². The maximum atomic E-state index is 12.0. The standard InChI is InChI=1S/C17H29N3O.2ClH/c1-5-20(6-2)12-15-9-7-14(8-10-15)11-19-16(21)17(3,4)13-18;;/h7-10H,5-6,11-13,18H2,1-4H3,(H,19,21);2*1H. The number of rotatable bonds is 8. The highest BCUT2D eigenvalue weighted by Crippen LogP contribution is 2.13. The molecule has 0 heterocycles. The zero-order chi connectivity index (χ0) is 15.9. The van der Waals surface area contributed by atoms with Crippen LogP contribution in [-0.4, -0.2) is 30.4 Å². The molecular formula is C17H31Cl2N3O. The van der Waals surface area contributed by atoms with Crippen molar-refractivity contribution in [2.24, 2.45) is 11.1 Å². The minimum absolute atomic E-state index is 0. The second-order valence-corrected chi connectivity index (χ2v) is 6.05. The molecule has 23 heavy (non-hydrogen) atoms. The van der Waals surface area contributed by atoms with E-state index in [1.54, 1.807) is 0 Å². The van der Waals surface area contributed by atoms with Crippen molar-refractivity contribution in [1.29, 1.82) is 0 Å². The van der Waals surface area contributed by atoms with Crippen molar-refractivity contribution in [2.45, 2.75) is 40.8 Å². The van der Waals surface area contributed by atoms with Gasteiger partial charge in [-0.3, -0.25) is 9.69 Å². The number of carbonyl (C=O) groups is 1. The second kappa shape index (κ2) is 11.7. The molecule has 0 atom stereocenters. The van der Waals surface area contributed by atoms with Gasteiger partial charge in [0.25, 0.3) is 0 Å². The minimum Gasteiger partial charge on any atom is -0.352 e. The van der Waals surface area contributed by atoms with Crippen molar-refractivity contribution in [3.63, 3.8) is 0 Å². The number of halogens is 2. The molecule has 0 unspecified atom stereocenters. The molecule has 0 saturated heterocycles. The van der Waals surface area contributed by atoms with Crippen molar-refractivity contribution in [3.8, 4) is 0 Å². The van der Waals surface area contributed by atoms with E-state index in [1.165, 1.54) is 5.56 Å². The summed E-state index contributed by atoms with van der Waals surface area (Å²) < 4.78 is 0. The predicted molar refractivity (Wildman–Crippen MR) is 102 cm³/mol. The van der Waals surface area contributed by atoms with Gasteiger partial charge in [0.15, 0.2) is 0 Å². The van der Waals surface area contributed by atoms with Gasteiger partial charge in [0, 0.05) is 19.6 Å². The Bertz CT molecular complexity index is 446. The van der Waals surface area contributed by atoms with E-state index in [1.807, 2.05) is 13.8 Å². The van der Waals surface area contributed by atoms with Gasteiger partial charge in [-0.05, 0) is 38.1 Å². The lowest BCUT2D eigenvalue weighted by atomic mass is 9.92. The van der Waals surface area contributed by atoms with Crippen molar-refractivity contribution in [2.75, 3.05) is 19.6 Å². The fourth-order valence-electron chi connectivity index (χ4n) is 1.98. The Morgan fingerprint density at radius 2 is 1.57 bits per heavy atom. The summed E-state index contributed by atoms with van der Waals surface area (Å²) in [4.78, 5) is 14.3. The van der Waals surface area contributed by atoms with Crippen LogP contribution in [0.25, 0.3) is 0 Å². The number of amides is 1. The van der Waals surface area contributed by atoms with Gasteiger partial charge in [0.2, 0.25) is 5.91 Å². The first-order chi connectivity index (χ1) is 9.92. The van der Waals surface area contributed by atoms with E-state index in [2.05, 4.69) is 48.3 Å². The molecule has 0 aromatic heterocycles. The lowest BCUT2D eigenvalue weighted by Gasteiger charge is -2.21. The Kier molecular flexibility index (Phi) is 12.4. The molecular weight excluding hydrogens is 333 g/mol. The summed E-state index contributed by atoms with van der Waals surface area (Å²) in [5.74, 6) is -0.00258. The van der Waals surface area contributed by atoms with Gasteiger partial charge in [-0.2, -0.15) is 0 Å². The molecule has 0 aliphatic rings. The first kappa shape index (κ1) is 24.4. The van der Waals surface area contributed by atoms with Crippen LogP contribution in [0.1, 0.15) is 38.8 Å². The molecule has 0 aliphatic carbocycles. The average Bonchev–Trinajstić information content (AvgIpc) is 2.51. The van der Waals surface area contributed by atoms with E-state index in [-0.39, 0.29) is 30.7 Å². The molecule has 0 spiro atoms. The summed E-state index contributed by atoms with van der Waals surface area (Å²) in [5.41, 5.74) is 7.50. The summed E-state index contributed by atoms with van der Waals surface area (Å²) in [6.45, 7) is 12.0. The van der Waals surface area contributed by atoms with Crippen molar-refractivity contribution in [3.05, 3.63) is 35.4 Å². The van der Waals surface area contributed by atoms with Crippen LogP contribution in [0.4, 0.5) is 0 Å². The molecule has 1 rings (SSSR count). The average molecular weight is 364 g/mol. The first-order valence-electron chi connectivity index (χ1n) is 7.71. The Labute approximate surface area is 153 Å². The number of hydrogen-bond acceptors (Lipinski definition) is 3. The van der Waals surface area contributed by atoms with E-state index in [0.717, 1.165) is 25.2 Å². The van der Waals surface area contributed by atoms with Gasteiger partial charge in [0.05, 0.1) is 5.41 Å².